The Labute approximate surface area is 210 Å². The first-order valence-corrected chi connectivity index (χ1v) is 11.7. The molecule has 1 aromatic heterocycles. The van der Waals surface area contributed by atoms with Crippen molar-refractivity contribution in [2.45, 2.75) is 40.0 Å². The largest absolute Gasteiger partial charge is 0.318 e. The van der Waals surface area contributed by atoms with Crippen molar-refractivity contribution in [2.75, 3.05) is 4.90 Å². The van der Waals surface area contributed by atoms with Crippen LogP contribution in [0, 0.1) is 13.8 Å². The van der Waals surface area contributed by atoms with Gasteiger partial charge in [0.2, 0.25) is 0 Å². The molecule has 2 aromatic carbocycles. The third kappa shape index (κ3) is 4.43. The number of anilines is 1. The molecule has 5 nitrogen and oxygen atoms in total. The number of thiocarbonyl (C=S) groups is 1. The number of halogens is 1. The van der Waals surface area contributed by atoms with E-state index >= 15 is 0 Å². The molecule has 1 saturated heterocycles. The highest BCUT2D eigenvalue weighted by Gasteiger charge is 2.34. The van der Waals surface area contributed by atoms with E-state index in [0.717, 1.165) is 22.6 Å². The minimum absolute atomic E-state index is 0.0203. The zero-order valence-electron chi connectivity index (χ0n) is 19.8. The fourth-order valence-electron chi connectivity index (χ4n) is 4.08. The zero-order chi connectivity index (χ0) is 24.8. The van der Waals surface area contributed by atoms with E-state index in [2.05, 4.69) is 54.9 Å². The van der Waals surface area contributed by atoms with Crippen LogP contribution in [0.15, 0.2) is 60.2 Å². The number of carbonyl (C=O) groups is 2. The van der Waals surface area contributed by atoms with Crippen molar-refractivity contribution in [3.05, 3.63) is 87.7 Å². The highest BCUT2D eigenvalue weighted by molar-refractivity contribution is 7.80. The number of amides is 2. The Balaban J connectivity index is 1.72. The fourth-order valence-corrected chi connectivity index (χ4v) is 4.49. The first-order valence-electron chi connectivity index (χ1n) is 10.9. The van der Waals surface area contributed by atoms with Crippen molar-refractivity contribution in [3.8, 4) is 5.69 Å². The molecule has 2 amide bonds. The van der Waals surface area contributed by atoms with E-state index in [1.807, 2.05) is 19.9 Å². The molecule has 1 N–H and O–H groups in total. The lowest BCUT2D eigenvalue weighted by Crippen LogP contribution is -2.54. The van der Waals surface area contributed by atoms with Crippen LogP contribution in [0.2, 0.25) is 5.02 Å². The summed E-state index contributed by atoms with van der Waals surface area (Å²) in [4.78, 5) is 27.3. The average molecular weight is 492 g/mol. The molecule has 0 saturated carbocycles. The van der Waals surface area contributed by atoms with E-state index in [1.165, 1.54) is 10.5 Å². The monoisotopic (exact) mass is 491 g/mol. The minimum atomic E-state index is -0.514. The van der Waals surface area contributed by atoms with Crippen LogP contribution >= 0.6 is 23.8 Å². The van der Waals surface area contributed by atoms with Crippen LogP contribution in [0.1, 0.15) is 43.3 Å². The van der Waals surface area contributed by atoms with Crippen LogP contribution in [0.3, 0.4) is 0 Å². The van der Waals surface area contributed by atoms with Crippen molar-refractivity contribution >= 4 is 52.5 Å². The standard InChI is InChI=1S/C27H26ClN3O2S/c1-16-14-18(17(2)30(16)21-10-6-19(7-11-21)27(3,4)5)15-23-24(32)29-26(34)31(25(23)33)22-12-8-20(28)9-13-22/h6-15H,1-5H3,(H,29,32,34)/b23-15+. The summed E-state index contributed by atoms with van der Waals surface area (Å²) in [6, 6.07) is 17.2. The number of aromatic nitrogens is 1. The summed E-state index contributed by atoms with van der Waals surface area (Å²) in [5, 5.41) is 3.21. The van der Waals surface area contributed by atoms with Crippen LogP contribution in [-0.2, 0) is 15.0 Å². The van der Waals surface area contributed by atoms with Gasteiger partial charge >= 0.3 is 0 Å². The Morgan fingerprint density at radius 2 is 1.53 bits per heavy atom. The number of hydrogen-bond acceptors (Lipinski definition) is 3. The van der Waals surface area contributed by atoms with Gasteiger partial charge in [0.1, 0.15) is 5.57 Å². The van der Waals surface area contributed by atoms with E-state index in [1.54, 1.807) is 30.3 Å². The molecule has 1 fully saturated rings. The molecule has 7 heteroatoms. The fraction of sp³-hybridized carbons (Fsp3) is 0.222. The number of rotatable bonds is 3. The van der Waals surface area contributed by atoms with Crippen molar-refractivity contribution in [2.24, 2.45) is 0 Å². The van der Waals surface area contributed by atoms with E-state index in [0.29, 0.717) is 10.7 Å². The quantitative estimate of drug-likeness (QED) is 0.283. The second kappa shape index (κ2) is 8.85. The molecular weight excluding hydrogens is 466 g/mol. The van der Waals surface area contributed by atoms with Crippen molar-refractivity contribution < 1.29 is 9.59 Å². The maximum absolute atomic E-state index is 13.3. The Morgan fingerprint density at radius 1 is 0.941 bits per heavy atom. The summed E-state index contributed by atoms with van der Waals surface area (Å²) in [7, 11) is 0. The van der Waals surface area contributed by atoms with E-state index in [4.69, 9.17) is 23.8 Å². The number of benzene rings is 2. The molecule has 3 aromatic rings. The summed E-state index contributed by atoms with van der Waals surface area (Å²) in [5.41, 5.74) is 5.63. The maximum Gasteiger partial charge on any atom is 0.270 e. The zero-order valence-corrected chi connectivity index (χ0v) is 21.3. The van der Waals surface area contributed by atoms with Gasteiger partial charge in [0, 0.05) is 22.1 Å². The lowest BCUT2D eigenvalue weighted by atomic mass is 9.87. The van der Waals surface area contributed by atoms with Gasteiger partial charge < -0.3 is 4.57 Å². The van der Waals surface area contributed by atoms with Gasteiger partial charge in [-0.25, -0.2) is 0 Å². The van der Waals surface area contributed by atoms with Crippen LogP contribution in [0.4, 0.5) is 5.69 Å². The highest BCUT2D eigenvalue weighted by atomic mass is 35.5. The van der Waals surface area contributed by atoms with Crippen LogP contribution in [-0.4, -0.2) is 21.5 Å². The first kappa shape index (κ1) is 23.9. The van der Waals surface area contributed by atoms with Gasteiger partial charge in [-0.3, -0.25) is 19.8 Å². The molecule has 0 aliphatic carbocycles. The van der Waals surface area contributed by atoms with Crippen molar-refractivity contribution in [1.82, 2.24) is 9.88 Å². The Hall–Kier alpha value is -3.22. The molecule has 0 atom stereocenters. The SMILES string of the molecule is Cc1cc(/C=C2\C(=O)NC(=S)N(c3ccc(Cl)cc3)C2=O)c(C)n1-c1ccc(C(C)(C)C)cc1. The molecule has 0 bridgehead atoms. The summed E-state index contributed by atoms with van der Waals surface area (Å²) >= 11 is 11.3. The Kier molecular flexibility index (Phi) is 6.23. The van der Waals surface area contributed by atoms with Crippen LogP contribution in [0.5, 0.6) is 0 Å². The van der Waals surface area contributed by atoms with Crippen LogP contribution < -0.4 is 10.2 Å². The molecule has 1 aliphatic heterocycles. The van der Waals surface area contributed by atoms with E-state index in [-0.39, 0.29) is 16.1 Å². The summed E-state index contributed by atoms with van der Waals surface area (Å²) < 4.78 is 2.12. The van der Waals surface area contributed by atoms with E-state index < -0.39 is 11.8 Å². The summed E-state index contributed by atoms with van der Waals surface area (Å²) in [5.74, 6) is -0.991. The smallest absolute Gasteiger partial charge is 0.270 e. The summed E-state index contributed by atoms with van der Waals surface area (Å²) in [6.45, 7) is 10.5. The normalized spacial score (nSPS) is 15.8. The molecule has 174 valence electrons. The lowest BCUT2D eigenvalue weighted by molar-refractivity contribution is -0.122. The van der Waals surface area contributed by atoms with Gasteiger partial charge in [0.05, 0.1) is 5.69 Å². The van der Waals surface area contributed by atoms with Gasteiger partial charge in [-0.15, -0.1) is 0 Å². The molecule has 34 heavy (non-hydrogen) atoms. The molecule has 0 radical (unpaired) electrons. The highest BCUT2D eigenvalue weighted by Crippen LogP contribution is 2.28. The predicted octanol–water partition coefficient (Wildman–Crippen LogP) is 5.88. The van der Waals surface area contributed by atoms with Crippen LogP contribution in [0.25, 0.3) is 11.8 Å². The first-order chi connectivity index (χ1) is 16.0. The lowest BCUT2D eigenvalue weighted by Gasteiger charge is -2.28. The molecule has 2 heterocycles. The van der Waals surface area contributed by atoms with Crippen molar-refractivity contribution in [1.29, 1.82) is 0 Å². The molecule has 4 rings (SSSR count). The Bertz CT molecular complexity index is 1330. The third-order valence-corrected chi connectivity index (χ3v) is 6.48. The minimum Gasteiger partial charge on any atom is -0.318 e. The topological polar surface area (TPSA) is 54.3 Å². The number of nitrogens with zero attached hydrogens (tertiary/aromatic N) is 2. The second-order valence-electron chi connectivity index (χ2n) is 9.39. The Morgan fingerprint density at radius 3 is 2.12 bits per heavy atom. The predicted molar refractivity (Wildman–Crippen MR) is 142 cm³/mol. The average Bonchev–Trinajstić information content (AvgIpc) is 3.04. The molecule has 0 spiro atoms. The molecule has 0 unspecified atom stereocenters. The molecular formula is C27H26ClN3O2S. The molecule has 1 aliphatic rings. The van der Waals surface area contributed by atoms with Gasteiger partial charge in [-0.1, -0.05) is 44.5 Å². The number of hydrogen-bond donors (Lipinski definition) is 1. The number of aryl methyl sites for hydroxylation is 1. The van der Waals surface area contributed by atoms with Gasteiger partial charge in [0.15, 0.2) is 5.11 Å². The number of nitrogens with one attached hydrogen (secondary N) is 1. The van der Waals surface area contributed by atoms with Crippen molar-refractivity contribution in [3.63, 3.8) is 0 Å². The van der Waals surface area contributed by atoms with Gasteiger partial charge in [-0.2, -0.15) is 0 Å². The van der Waals surface area contributed by atoms with Gasteiger partial charge in [-0.05, 0) is 91.1 Å². The third-order valence-electron chi connectivity index (χ3n) is 5.95. The van der Waals surface area contributed by atoms with E-state index in [9.17, 15) is 9.59 Å². The van der Waals surface area contributed by atoms with Gasteiger partial charge in [0.25, 0.3) is 11.8 Å². The summed E-state index contributed by atoms with van der Waals surface area (Å²) in [6.07, 6.45) is 1.63. The maximum atomic E-state index is 13.3. The number of carbonyl (C=O) groups excluding carboxylic acids is 2. The second-order valence-corrected chi connectivity index (χ2v) is 10.2.